The quantitative estimate of drug-likeness (QED) is 0.415. The van der Waals surface area contributed by atoms with Gasteiger partial charge in [0.25, 0.3) is 0 Å². The third kappa shape index (κ3) is 4.70. The van der Waals surface area contributed by atoms with Gasteiger partial charge in [0.2, 0.25) is 0 Å². The number of ether oxygens (including phenoxy) is 1. The Morgan fingerprint density at radius 1 is 1.17 bits per heavy atom. The Morgan fingerprint density at radius 2 is 1.93 bits per heavy atom. The van der Waals surface area contributed by atoms with Gasteiger partial charge in [0, 0.05) is 58.1 Å². The second kappa shape index (κ2) is 8.43. The van der Waals surface area contributed by atoms with E-state index in [2.05, 4.69) is 35.5 Å². The van der Waals surface area contributed by atoms with Gasteiger partial charge in [-0.2, -0.15) is 5.10 Å². The molecule has 30 heavy (non-hydrogen) atoms. The molecule has 3 aromatic rings. The van der Waals surface area contributed by atoms with Gasteiger partial charge in [0.1, 0.15) is 18.0 Å². The number of ketones is 1. The monoisotopic (exact) mass is 425 g/mol. The lowest BCUT2D eigenvalue weighted by molar-refractivity contribution is -0.120. The summed E-state index contributed by atoms with van der Waals surface area (Å²) in [6.45, 7) is 8.32. The summed E-state index contributed by atoms with van der Waals surface area (Å²) in [4.78, 5) is 21.5. The smallest absolute Gasteiger partial charge is 0.160 e. The van der Waals surface area contributed by atoms with Crippen LogP contribution in [0.15, 0.2) is 24.8 Å². The summed E-state index contributed by atoms with van der Waals surface area (Å²) in [5.41, 5.74) is 4.73. The van der Waals surface area contributed by atoms with Gasteiger partial charge in [0.15, 0.2) is 5.65 Å². The van der Waals surface area contributed by atoms with Gasteiger partial charge >= 0.3 is 0 Å². The fourth-order valence-electron chi connectivity index (χ4n) is 3.96. The number of aryl methyl sites for hydroxylation is 1. The number of nitrogens with zero attached hydrogens (tertiary/aromatic N) is 5. The highest BCUT2D eigenvalue weighted by atomic mass is 28.3. The maximum Gasteiger partial charge on any atom is 0.160 e. The zero-order valence-electron chi connectivity index (χ0n) is 18.4. The van der Waals surface area contributed by atoms with Crippen LogP contribution >= 0.6 is 0 Å². The van der Waals surface area contributed by atoms with Crippen LogP contribution in [0, 0.1) is 0 Å². The molecule has 8 heteroatoms. The summed E-state index contributed by atoms with van der Waals surface area (Å²) in [6.07, 6.45) is 10.8. The van der Waals surface area contributed by atoms with Crippen molar-refractivity contribution in [2.75, 3.05) is 6.61 Å². The van der Waals surface area contributed by atoms with Gasteiger partial charge in [0.05, 0.1) is 18.1 Å². The maximum atomic E-state index is 11.7. The lowest BCUT2D eigenvalue weighted by Crippen LogP contribution is -2.22. The molecule has 1 saturated carbocycles. The van der Waals surface area contributed by atoms with E-state index in [9.17, 15) is 4.79 Å². The second-order valence-corrected chi connectivity index (χ2v) is 15.2. The van der Waals surface area contributed by atoms with Crippen LogP contribution in [-0.2, 0) is 23.3 Å². The molecule has 0 aliphatic heterocycles. The van der Waals surface area contributed by atoms with Gasteiger partial charge in [-0.3, -0.25) is 9.48 Å². The van der Waals surface area contributed by atoms with E-state index in [4.69, 9.17) is 14.7 Å². The second-order valence-electron chi connectivity index (χ2n) is 9.55. The molecule has 3 heterocycles. The Hall–Kier alpha value is -2.32. The highest BCUT2D eigenvalue weighted by molar-refractivity contribution is 6.76. The molecule has 1 aliphatic carbocycles. The lowest BCUT2D eigenvalue weighted by atomic mass is 9.84. The van der Waals surface area contributed by atoms with Crippen molar-refractivity contribution in [1.82, 2.24) is 24.3 Å². The standard InChI is InChI=1S/C22H31N5O2Si/c1-26-13-17(11-24-26)20-12-23-22-21(25-20)19(16-5-7-18(28)8-6-16)14-27(22)15-29-9-10-30(2,3)4/h11-14,16H,5-10,15H2,1-4H3. The molecule has 1 aliphatic rings. The molecular weight excluding hydrogens is 394 g/mol. The molecular formula is C22H31N5O2Si. The highest BCUT2D eigenvalue weighted by Gasteiger charge is 2.25. The van der Waals surface area contributed by atoms with Crippen molar-refractivity contribution < 1.29 is 9.53 Å². The minimum Gasteiger partial charge on any atom is -0.361 e. The van der Waals surface area contributed by atoms with E-state index < -0.39 is 8.07 Å². The molecule has 0 spiro atoms. The first-order chi connectivity index (χ1) is 14.3. The zero-order valence-corrected chi connectivity index (χ0v) is 19.4. The summed E-state index contributed by atoms with van der Waals surface area (Å²) in [6, 6.07) is 1.14. The van der Waals surface area contributed by atoms with Gasteiger partial charge in [-0.25, -0.2) is 9.97 Å². The Bertz CT molecular complexity index is 1040. The number of rotatable bonds is 7. The van der Waals surface area contributed by atoms with Crippen LogP contribution < -0.4 is 0 Å². The first-order valence-corrected chi connectivity index (χ1v) is 14.4. The van der Waals surface area contributed by atoms with Crippen molar-refractivity contribution in [2.45, 2.75) is 64.0 Å². The van der Waals surface area contributed by atoms with Crippen molar-refractivity contribution >= 4 is 25.0 Å². The third-order valence-electron chi connectivity index (χ3n) is 5.80. The van der Waals surface area contributed by atoms with Gasteiger partial charge in [-0.05, 0) is 24.8 Å². The number of aromatic nitrogens is 5. The Morgan fingerprint density at radius 3 is 2.60 bits per heavy atom. The largest absolute Gasteiger partial charge is 0.361 e. The average Bonchev–Trinajstić information content (AvgIpc) is 3.29. The van der Waals surface area contributed by atoms with Crippen LogP contribution in [0.4, 0.5) is 0 Å². The van der Waals surface area contributed by atoms with Crippen LogP contribution in [0.1, 0.15) is 37.2 Å². The molecule has 4 rings (SSSR count). The number of carbonyl (C=O) groups is 1. The number of hydrogen-bond donors (Lipinski definition) is 0. The van der Waals surface area contributed by atoms with Crippen molar-refractivity contribution in [3.05, 3.63) is 30.4 Å². The summed E-state index contributed by atoms with van der Waals surface area (Å²) in [5, 5.41) is 4.26. The Kier molecular flexibility index (Phi) is 5.88. The molecule has 7 nitrogen and oxygen atoms in total. The predicted octanol–water partition coefficient (Wildman–Crippen LogP) is 4.37. The summed E-state index contributed by atoms with van der Waals surface area (Å²) in [7, 11) is 0.775. The van der Waals surface area contributed by atoms with Gasteiger partial charge in [-0.1, -0.05) is 19.6 Å². The van der Waals surface area contributed by atoms with Crippen LogP contribution in [0.2, 0.25) is 25.7 Å². The molecule has 0 N–H and O–H groups in total. The van der Waals surface area contributed by atoms with Gasteiger partial charge in [-0.15, -0.1) is 0 Å². The Balaban J connectivity index is 1.65. The first-order valence-electron chi connectivity index (χ1n) is 10.7. The first kappa shape index (κ1) is 20.9. The zero-order chi connectivity index (χ0) is 21.3. The molecule has 0 saturated heterocycles. The fourth-order valence-corrected chi connectivity index (χ4v) is 4.72. The maximum absolute atomic E-state index is 11.7. The minimum absolute atomic E-state index is 0.340. The van der Waals surface area contributed by atoms with E-state index in [0.717, 1.165) is 47.9 Å². The van der Waals surface area contributed by atoms with Crippen molar-refractivity contribution in [2.24, 2.45) is 7.05 Å². The summed E-state index contributed by atoms with van der Waals surface area (Å²) < 4.78 is 9.85. The fraction of sp³-hybridized carbons (Fsp3) is 0.545. The third-order valence-corrected chi connectivity index (χ3v) is 7.51. The van der Waals surface area contributed by atoms with E-state index in [1.807, 2.05) is 25.6 Å². The highest BCUT2D eigenvalue weighted by Crippen LogP contribution is 2.36. The molecule has 0 atom stereocenters. The molecule has 1 fully saturated rings. The topological polar surface area (TPSA) is 74.8 Å². The van der Waals surface area contributed by atoms with E-state index in [1.165, 1.54) is 5.56 Å². The lowest BCUT2D eigenvalue weighted by Gasteiger charge is -2.20. The van der Waals surface area contributed by atoms with Crippen molar-refractivity contribution in [3.8, 4) is 11.3 Å². The molecule has 0 aromatic carbocycles. The number of Topliss-reactive ketones (excluding diaryl/α,β-unsaturated/α-hetero) is 1. The molecule has 3 aromatic heterocycles. The normalized spacial score (nSPS) is 15.9. The van der Waals surface area contributed by atoms with E-state index in [-0.39, 0.29) is 0 Å². The molecule has 160 valence electrons. The van der Waals surface area contributed by atoms with Crippen LogP contribution in [0.5, 0.6) is 0 Å². The molecule has 0 radical (unpaired) electrons. The molecule has 0 unspecified atom stereocenters. The number of carbonyl (C=O) groups excluding carboxylic acids is 1. The number of fused-ring (bicyclic) bond motifs is 1. The van der Waals surface area contributed by atoms with Crippen molar-refractivity contribution in [1.29, 1.82) is 0 Å². The minimum atomic E-state index is -1.12. The van der Waals surface area contributed by atoms with Gasteiger partial charge < -0.3 is 9.30 Å². The molecule has 0 amide bonds. The summed E-state index contributed by atoms with van der Waals surface area (Å²) in [5.74, 6) is 0.707. The van der Waals surface area contributed by atoms with E-state index in [1.54, 1.807) is 4.68 Å². The van der Waals surface area contributed by atoms with E-state index in [0.29, 0.717) is 31.3 Å². The Labute approximate surface area is 178 Å². The van der Waals surface area contributed by atoms with E-state index >= 15 is 0 Å². The SMILES string of the molecule is Cn1cc(-c2cnc3c(n2)c(C2CCC(=O)CC2)cn3COCC[Si](C)(C)C)cn1. The van der Waals surface area contributed by atoms with Crippen LogP contribution in [-0.4, -0.2) is 44.8 Å². The molecule has 0 bridgehead atoms. The van der Waals surface area contributed by atoms with Crippen LogP contribution in [0.25, 0.3) is 22.4 Å². The van der Waals surface area contributed by atoms with Crippen LogP contribution in [0.3, 0.4) is 0 Å². The average molecular weight is 426 g/mol. The summed E-state index contributed by atoms with van der Waals surface area (Å²) >= 11 is 0. The number of hydrogen-bond acceptors (Lipinski definition) is 5. The predicted molar refractivity (Wildman–Crippen MR) is 120 cm³/mol. The van der Waals surface area contributed by atoms with Crippen molar-refractivity contribution in [3.63, 3.8) is 0 Å².